The van der Waals surface area contributed by atoms with Crippen LogP contribution in [0.5, 0.6) is 5.75 Å². The van der Waals surface area contributed by atoms with Crippen LogP contribution >= 0.6 is 0 Å². The van der Waals surface area contributed by atoms with Gasteiger partial charge in [-0.15, -0.1) is 0 Å². The summed E-state index contributed by atoms with van der Waals surface area (Å²) in [5.74, 6) is 0.392. The molecule has 0 unspecified atom stereocenters. The number of hydrogen-bond acceptors (Lipinski definition) is 4. The number of ether oxygens (including phenoxy) is 1. The minimum absolute atomic E-state index is 0.00934. The normalized spacial score (nSPS) is 16.7. The lowest BCUT2D eigenvalue weighted by Crippen LogP contribution is -2.35. The Morgan fingerprint density at radius 3 is 2.41 bits per heavy atom. The molecule has 180 valence electrons. The molecule has 2 heterocycles. The monoisotopic (exact) mass is 481 g/mol. The van der Waals surface area contributed by atoms with E-state index in [1.807, 2.05) is 24.2 Å². The minimum Gasteiger partial charge on any atom is -0.495 e. The molecular weight excluding hydrogens is 450 g/mol. The molecule has 0 bridgehead atoms. The number of para-hydroxylation sites is 2. The number of likely N-dealkylation sites (tertiary alicyclic amines) is 1. The Labute approximate surface area is 201 Å². The van der Waals surface area contributed by atoms with Gasteiger partial charge >= 0.3 is 0 Å². The van der Waals surface area contributed by atoms with E-state index in [2.05, 4.69) is 10.6 Å². The summed E-state index contributed by atoms with van der Waals surface area (Å²) >= 11 is 0. The molecular formula is C26H31N3O4S. The van der Waals surface area contributed by atoms with Gasteiger partial charge in [-0.2, -0.15) is 0 Å². The van der Waals surface area contributed by atoms with Crippen LogP contribution in [0.4, 0.5) is 5.69 Å². The van der Waals surface area contributed by atoms with Gasteiger partial charge in [0.25, 0.3) is 15.9 Å². The summed E-state index contributed by atoms with van der Waals surface area (Å²) in [4.78, 5) is 15.6. The van der Waals surface area contributed by atoms with Crippen LogP contribution in [0.15, 0.2) is 71.8 Å². The average Bonchev–Trinajstić information content (AvgIpc) is 3.13. The molecule has 0 radical (unpaired) electrons. The van der Waals surface area contributed by atoms with E-state index in [-0.39, 0.29) is 16.8 Å². The molecule has 1 fully saturated rings. The number of carbonyl (C=O) groups is 1. The zero-order valence-corrected chi connectivity index (χ0v) is 20.7. The van der Waals surface area contributed by atoms with Gasteiger partial charge in [0.15, 0.2) is 0 Å². The highest BCUT2D eigenvalue weighted by Crippen LogP contribution is 2.33. The number of benzene rings is 2. The van der Waals surface area contributed by atoms with Gasteiger partial charge in [0.2, 0.25) is 0 Å². The third-order valence-corrected chi connectivity index (χ3v) is 8.31. The van der Waals surface area contributed by atoms with Crippen molar-refractivity contribution in [2.75, 3.05) is 25.0 Å². The third-order valence-electron chi connectivity index (χ3n) is 6.52. The standard InChI is InChI=1S/C26H31N3O4S/c1-27-18-9-12-22(27)23-10-5-4-8-19-29(23)26(30)20-14-16-21(17-15-20)34(31,32)28(2)24-11-6-7-13-25(24)33-3/h6-7,9,11-18,23H,4-5,8,10,19H2,1-3H3/t23-/m0/s1. The summed E-state index contributed by atoms with van der Waals surface area (Å²) in [5, 5.41) is 0. The second-order valence-corrected chi connectivity index (χ2v) is 10.5. The molecule has 0 saturated carbocycles. The van der Waals surface area contributed by atoms with E-state index in [9.17, 15) is 13.2 Å². The molecule has 0 aliphatic carbocycles. The number of anilines is 1. The van der Waals surface area contributed by atoms with E-state index in [1.165, 1.54) is 30.6 Å². The molecule has 0 spiro atoms. The molecule has 1 amide bonds. The number of nitrogens with zero attached hydrogens (tertiary/aromatic N) is 3. The van der Waals surface area contributed by atoms with E-state index in [1.54, 1.807) is 36.4 Å². The van der Waals surface area contributed by atoms with Gasteiger partial charge in [-0.25, -0.2) is 8.42 Å². The summed E-state index contributed by atoms with van der Waals surface area (Å²) in [6.45, 7) is 0.686. The SMILES string of the molecule is COc1ccccc1N(C)S(=O)(=O)c1ccc(C(=O)N2CCCCC[C@H]2c2cccn2C)cc1. The first-order valence-electron chi connectivity index (χ1n) is 11.5. The largest absolute Gasteiger partial charge is 0.495 e. The molecule has 4 rings (SSSR count). The Hall–Kier alpha value is -3.26. The van der Waals surface area contributed by atoms with Crippen LogP contribution in [0.25, 0.3) is 0 Å². The topological polar surface area (TPSA) is 71.8 Å². The average molecular weight is 482 g/mol. The summed E-state index contributed by atoms with van der Waals surface area (Å²) in [6, 6.07) is 17.3. The minimum atomic E-state index is -3.82. The van der Waals surface area contributed by atoms with Crippen molar-refractivity contribution in [1.82, 2.24) is 9.47 Å². The number of aromatic nitrogens is 1. The van der Waals surface area contributed by atoms with Crippen LogP contribution < -0.4 is 9.04 Å². The molecule has 7 nitrogen and oxygen atoms in total. The van der Waals surface area contributed by atoms with Gasteiger partial charge in [-0.05, 0) is 61.4 Å². The lowest BCUT2D eigenvalue weighted by molar-refractivity contribution is 0.0674. The fourth-order valence-electron chi connectivity index (χ4n) is 4.59. The number of sulfonamides is 1. The Morgan fingerprint density at radius 1 is 1.00 bits per heavy atom. The lowest BCUT2D eigenvalue weighted by atomic mass is 10.1. The number of amides is 1. The second kappa shape index (κ2) is 9.93. The molecule has 1 aliphatic rings. The number of carbonyl (C=O) groups excluding carboxylic acids is 1. The van der Waals surface area contributed by atoms with Gasteiger partial charge in [-0.3, -0.25) is 9.10 Å². The highest BCUT2D eigenvalue weighted by atomic mass is 32.2. The van der Waals surface area contributed by atoms with Crippen LogP contribution in [0.2, 0.25) is 0 Å². The molecule has 34 heavy (non-hydrogen) atoms. The van der Waals surface area contributed by atoms with Crippen LogP contribution in [-0.4, -0.2) is 44.5 Å². The van der Waals surface area contributed by atoms with E-state index in [4.69, 9.17) is 4.74 Å². The Morgan fingerprint density at radius 2 is 1.74 bits per heavy atom. The second-order valence-electron chi connectivity index (χ2n) is 8.58. The maximum Gasteiger partial charge on any atom is 0.264 e. The van der Waals surface area contributed by atoms with Crippen molar-refractivity contribution in [1.29, 1.82) is 0 Å². The Balaban J connectivity index is 1.60. The van der Waals surface area contributed by atoms with Crippen molar-refractivity contribution in [2.45, 2.75) is 36.6 Å². The molecule has 1 atom stereocenters. The lowest BCUT2D eigenvalue weighted by Gasteiger charge is -2.31. The summed E-state index contributed by atoms with van der Waals surface area (Å²) in [5.41, 5.74) is 2.05. The highest BCUT2D eigenvalue weighted by Gasteiger charge is 2.30. The first-order valence-corrected chi connectivity index (χ1v) is 12.9. The quantitative estimate of drug-likeness (QED) is 0.515. The molecule has 1 saturated heterocycles. The highest BCUT2D eigenvalue weighted by molar-refractivity contribution is 7.92. The van der Waals surface area contributed by atoms with E-state index >= 15 is 0 Å². The molecule has 3 aromatic rings. The van der Waals surface area contributed by atoms with E-state index in [0.717, 1.165) is 31.4 Å². The summed E-state index contributed by atoms with van der Waals surface area (Å²) < 4.78 is 35.1. The first kappa shape index (κ1) is 23.9. The maximum atomic E-state index is 13.5. The molecule has 1 aliphatic heterocycles. The number of aryl methyl sites for hydroxylation is 1. The summed E-state index contributed by atoms with van der Waals surface area (Å²) in [6.07, 6.45) is 6.05. The van der Waals surface area contributed by atoms with Gasteiger partial charge in [0.1, 0.15) is 5.75 Å². The van der Waals surface area contributed by atoms with Crippen LogP contribution in [-0.2, 0) is 17.1 Å². The van der Waals surface area contributed by atoms with Crippen molar-refractivity contribution in [3.63, 3.8) is 0 Å². The van der Waals surface area contributed by atoms with E-state index < -0.39 is 10.0 Å². The smallest absolute Gasteiger partial charge is 0.264 e. The predicted octanol–water partition coefficient (Wildman–Crippen LogP) is 4.62. The van der Waals surface area contributed by atoms with Gasteiger partial charge < -0.3 is 14.2 Å². The van der Waals surface area contributed by atoms with Crippen molar-refractivity contribution in [2.24, 2.45) is 7.05 Å². The predicted molar refractivity (Wildman–Crippen MR) is 133 cm³/mol. The zero-order valence-electron chi connectivity index (χ0n) is 19.8. The van der Waals surface area contributed by atoms with E-state index in [0.29, 0.717) is 23.5 Å². The fourth-order valence-corrected chi connectivity index (χ4v) is 5.80. The zero-order chi connectivity index (χ0) is 24.3. The maximum absolute atomic E-state index is 13.5. The Kier molecular flexibility index (Phi) is 6.97. The number of rotatable bonds is 6. The molecule has 8 heteroatoms. The van der Waals surface area contributed by atoms with Crippen molar-refractivity contribution < 1.29 is 17.9 Å². The van der Waals surface area contributed by atoms with Gasteiger partial charge in [-0.1, -0.05) is 25.0 Å². The van der Waals surface area contributed by atoms with Crippen molar-refractivity contribution >= 4 is 21.6 Å². The molecule has 0 N–H and O–H groups in total. The number of hydrogen-bond donors (Lipinski definition) is 0. The van der Waals surface area contributed by atoms with Crippen LogP contribution in [0.3, 0.4) is 0 Å². The van der Waals surface area contributed by atoms with Gasteiger partial charge in [0, 0.05) is 38.1 Å². The van der Waals surface area contributed by atoms with Gasteiger partial charge in [0.05, 0.1) is 23.7 Å². The molecule has 1 aromatic heterocycles. The van der Waals surface area contributed by atoms with Crippen LogP contribution in [0.1, 0.15) is 47.8 Å². The fraction of sp³-hybridized carbons (Fsp3) is 0.346. The van der Waals surface area contributed by atoms with Crippen LogP contribution in [0, 0.1) is 0 Å². The molecule has 2 aromatic carbocycles. The van der Waals surface area contributed by atoms with Crippen molar-refractivity contribution in [3.8, 4) is 5.75 Å². The Bertz CT molecular complexity index is 1250. The third kappa shape index (κ3) is 4.55. The first-order chi connectivity index (χ1) is 16.3. The number of methoxy groups -OCH3 is 1. The van der Waals surface area contributed by atoms with Crippen molar-refractivity contribution in [3.05, 3.63) is 78.1 Å². The summed E-state index contributed by atoms with van der Waals surface area (Å²) in [7, 11) is 1.18.